The normalized spacial score (nSPS) is 17.4. The Balaban J connectivity index is 0. The van der Waals surface area contributed by atoms with Crippen LogP contribution in [-0.2, 0) is 13.9 Å². The molecule has 9 nitrogen and oxygen atoms in total. The minimum Gasteiger partial charge on any atom is -0.388 e. The maximum Gasteiger partial charge on any atom is 0.469 e. The lowest BCUT2D eigenvalue weighted by molar-refractivity contribution is -0.127. The number of carbonyl (C=O) groups is 1. The van der Waals surface area contributed by atoms with Gasteiger partial charge in [-0.25, -0.2) is 4.57 Å². The summed E-state index contributed by atoms with van der Waals surface area (Å²) >= 11 is 0. The molecule has 3 atom stereocenters. The van der Waals surface area contributed by atoms with Crippen LogP contribution in [0.15, 0.2) is 0 Å². The summed E-state index contributed by atoms with van der Waals surface area (Å²) in [5.74, 6) is 0. The van der Waals surface area contributed by atoms with Crippen molar-refractivity contribution in [3.63, 3.8) is 0 Å². The first-order chi connectivity index (χ1) is 6.28. The third kappa shape index (κ3) is 7.54. The SMILES string of the molecule is N.O=C[C@H](O)[C@H](O)[C@H](O)COP(=O)(O)O. The van der Waals surface area contributed by atoms with E-state index >= 15 is 0 Å². The molecule has 0 spiro atoms. The Hall–Kier alpha value is -0.380. The van der Waals surface area contributed by atoms with Gasteiger partial charge in [0.05, 0.1) is 6.61 Å². The molecule has 0 aromatic carbocycles. The van der Waals surface area contributed by atoms with Gasteiger partial charge in [0.2, 0.25) is 0 Å². The molecule has 8 N–H and O–H groups in total. The van der Waals surface area contributed by atoms with Gasteiger partial charge in [-0.2, -0.15) is 0 Å². The van der Waals surface area contributed by atoms with Crippen LogP contribution in [0.4, 0.5) is 0 Å². The molecule has 0 heterocycles. The van der Waals surface area contributed by atoms with Crippen molar-refractivity contribution in [2.45, 2.75) is 18.3 Å². The number of aliphatic hydroxyl groups is 3. The maximum absolute atomic E-state index is 10.1. The van der Waals surface area contributed by atoms with Crippen LogP contribution in [0.1, 0.15) is 0 Å². The van der Waals surface area contributed by atoms with E-state index in [1.165, 1.54) is 0 Å². The Kier molecular flexibility index (Phi) is 7.93. The van der Waals surface area contributed by atoms with E-state index in [1.54, 1.807) is 0 Å². The Bertz CT molecular complexity index is 229. The summed E-state index contributed by atoms with van der Waals surface area (Å²) in [6.45, 7) is -0.893. The number of hydrogen-bond donors (Lipinski definition) is 6. The molecule has 0 amide bonds. The second-order valence-corrected chi connectivity index (χ2v) is 3.71. The first kappa shape index (κ1) is 17.0. The molecule has 0 radical (unpaired) electrons. The summed E-state index contributed by atoms with van der Waals surface area (Å²) < 4.78 is 14.0. The van der Waals surface area contributed by atoms with Gasteiger partial charge in [-0.15, -0.1) is 0 Å². The number of hydrogen-bond acceptors (Lipinski definition) is 7. The van der Waals surface area contributed by atoms with Crippen molar-refractivity contribution in [3.05, 3.63) is 0 Å². The Morgan fingerprint density at radius 1 is 1.27 bits per heavy atom. The minimum absolute atomic E-state index is 0. The number of aldehydes is 1. The van der Waals surface area contributed by atoms with Crippen LogP contribution in [0, 0.1) is 0 Å². The van der Waals surface area contributed by atoms with Gasteiger partial charge in [-0.05, 0) is 0 Å². The summed E-state index contributed by atoms with van der Waals surface area (Å²) in [5.41, 5.74) is 0. The molecule has 92 valence electrons. The lowest BCUT2D eigenvalue weighted by atomic mass is 10.1. The molecule has 0 unspecified atom stereocenters. The second kappa shape index (κ2) is 6.99. The highest BCUT2D eigenvalue weighted by molar-refractivity contribution is 7.46. The van der Waals surface area contributed by atoms with Crippen LogP contribution in [0.5, 0.6) is 0 Å². The molecule has 0 aliphatic carbocycles. The quantitative estimate of drug-likeness (QED) is 0.219. The molecular formula is C5H14NO8P. The molecule has 0 saturated heterocycles. The van der Waals surface area contributed by atoms with Gasteiger partial charge in [-0.3, -0.25) is 4.52 Å². The number of aliphatic hydroxyl groups excluding tert-OH is 3. The van der Waals surface area contributed by atoms with Crippen LogP contribution in [-0.4, -0.2) is 56.3 Å². The molecule has 10 heteroatoms. The molecule has 0 bridgehead atoms. The van der Waals surface area contributed by atoms with Gasteiger partial charge in [0, 0.05) is 0 Å². The average Bonchev–Trinajstić information content (AvgIpc) is 2.10. The average molecular weight is 247 g/mol. The number of phosphoric ester groups is 1. The number of carbonyl (C=O) groups excluding carboxylic acids is 1. The molecule has 0 aromatic heterocycles. The highest BCUT2D eigenvalue weighted by Crippen LogP contribution is 2.35. The van der Waals surface area contributed by atoms with E-state index in [-0.39, 0.29) is 12.4 Å². The minimum atomic E-state index is -4.74. The number of rotatable bonds is 6. The smallest absolute Gasteiger partial charge is 0.388 e. The number of phosphoric acid groups is 1. The molecule has 0 aliphatic heterocycles. The van der Waals surface area contributed by atoms with E-state index in [1.807, 2.05) is 0 Å². The van der Waals surface area contributed by atoms with Crippen molar-refractivity contribution in [1.29, 1.82) is 0 Å². The topological polar surface area (TPSA) is 180 Å². The lowest BCUT2D eigenvalue weighted by Gasteiger charge is -2.19. The Morgan fingerprint density at radius 2 is 1.73 bits per heavy atom. The molecule has 0 fully saturated rings. The van der Waals surface area contributed by atoms with Crippen LogP contribution in [0.2, 0.25) is 0 Å². The maximum atomic E-state index is 10.1. The zero-order chi connectivity index (χ0) is 11.4. The van der Waals surface area contributed by atoms with Crippen molar-refractivity contribution >= 4 is 14.1 Å². The summed E-state index contributed by atoms with van der Waals surface area (Å²) in [6.07, 6.45) is -5.46. The fraction of sp³-hybridized carbons (Fsp3) is 0.800. The monoisotopic (exact) mass is 247 g/mol. The Labute approximate surface area is 85.1 Å². The van der Waals surface area contributed by atoms with Crippen molar-refractivity contribution in [3.8, 4) is 0 Å². The third-order valence-corrected chi connectivity index (χ3v) is 1.78. The molecule has 0 aliphatic rings. The van der Waals surface area contributed by atoms with E-state index in [0.29, 0.717) is 0 Å². The van der Waals surface area contributed by atoms with E-state index in [0.717, 1.165) is 0 Å². The van der Waals surface area contributed by atoms with Crippen LogP contribution in [0.3, 0.4) is 0 Å². The first-order valence-corrected chi connectivity index (χ1v) is 5.00. The van der Waals surface area contributed by atoms with E-state index in [4.69, 9.17) is 25.1 Å². The van der Waals surface area contributed by atoms with Gasteiger partial charge < -0.3 is 36.1 Å². The summed E-state index contributed by atoms with van der Waals surface area (Å²) in [6, 6.07) is 0. The molecular weight excluding hydrogens is 233 g/mol. The fourth-order valence-corrected chi connectivity index (χ4v) is 0.927. The van der Waals surface area contributed by atoms with Crippen molar-refractivity contribution < 1.29 is 39.0 Å². The largest absolute Gasteiger partial charge is 0.469 e. The van der Waals surface area contributed by atoms with Gasteiger partial charge in [0.15, 0.2) is 6.29 Å². The van der Waals surface area contributed by atoms with E-state index in [2.05, 4.69) is 4.52 Å². The summed E-state index contributed by atoms with van der Waals surface area (Å²) in [5, 5.41) is 26.6. The van der Waals surface area contributed by atoms with Crippen LogP contribution >= 0.6 is 7.82 Å². The second-order valence-electron chi connectivity index (χ2n) is 2.47. The van der Waals surface area contributed by atoms with Crippen molar-refractivity contribution in [2.24, 2.45) is 0 Å². The molecule has 0 saturated carbocycles. The highest BCUT2D eigenvalue weighted by Gasteiger charge is 2.27. The van der Waals surface area contributed by atoms with Crippen molar-refractivity contribution in [2.75, 3.05) is 6.61 Å². The van der Waals surface area contributed by atoms with Crippen LogP contribution in [0.25, 0.3) is 0 Å². The van der Waals surface area contributed by atoms with Crippen molar-refractivity contribution in [1.82, 2.24) is 6.15 Å². The van der Waals surface area contributed by atoms with E-state index in [9.17, 15) is 9.36 Å². The van der Waals surface area contributed by atoms with E-state index < -0.39 is 32.7 Å². The molecule has 15 heavy (non-hydrogen) atoms. The lowest BCUT2D eigenvalue weighted by Crippen LogP contribution is -2.40. The van der Waals surface area contributed by atoms with Gasteiger partial charge in [0.1, 0.15) is 18.3 Å². The molecule has 0 aromatic rings. The molecule has 0 rings (SSSR count). The summed E-state index contributed by atoms with van der Waals surface area (Å²) in [7, 11) is -4.74. The zero-order valence-corrected chi connectivity index (χ0v) is 8.53. The fourth-order valence-electron chi connectivity index (χ4n) is 0.580. The van der Waals surface area contributed by atoms with Gasteiger partial charge in [0.25, 0.3) is 0 Å². The first-order valence-electron chi connectivity index (χ1n) is 3.47. The predicted octanol–water partition coefficient (Wildman–Crippen LogP) is -2.46. The highest BCUT2D eigenvalue weighted by atomic mass is 31.2. The zero-order valence-electron chi connectivity index (χ0n) is 7.63. The van der Waals surface area contributed by atoms with Gasteiger partial charge in [-0.1, -0.05) is 0 Å². The Morgan fingerprint density at radius 3 is 2.07 bits per heavy atom. The van der Waals surface area contributed by atoms with Gasteiger partial charge >= 0.3 is 7.82 Å². The summed E-state index contributed by atoms with van der Waals surface area (Å²) in [4.78, 5) is 26.4. The predicted molar refractivity (Wildman–Crippen MR) is 47.1 cm³/mol. The third-order valence-electron chi connectivity index (χ3n) is 1.30. The standard InChI is InChI=1S/C5H11O8P.H3N/c6-1-3(7)5(9)4(8)2-13-14(10,11)12;/h1,3-5,7-9H,2H2,(H2,10,11,12);1H3/t3-,4+,5-;/m0./s1. The van der Waals surface area contributed by atoms with Crippen LogP contribution < -0.4 is 6.15 Å².